The number of hydrogen-bond donors (Lipinski definition) is 1. The van der Waals surface area contributed by atoms with Crippen LogP contribution in [0.25, 0.3) is 0 Å². The Labute approximate surface area is 128 Å². The Bertz CT molecular complexity index is 363. The predicted molar refractivity (Wildman–Crippen MR) is 82.9 cm³/mol. The largest absolute Gasteiger partial charge is 0.347 e. The molecular weight excluding hydrogens is 266 g/mol. The van der Waals surface area contributed by atoms with Crippen LogP contribution < -0.4 is 5.32 Å². The minimum atomic E-state index is -0.327. The van der Waals surface area contributed by atoms with Crippen LogP contribution in [0.1, 0.15) is 44.9 Å². The van der Waals surface area contributed by atoms with Crippen LogP contribution in [-0.2, 0) is 9.59 Å². The Balaban J connectivity index is 2.04. The lowest BCUT2D eigenvalue weighted by atomic mass is 9.89. The first kappa shape index (κ1) is 16.3. The molecule has 1 saturated heterocycles. The standard InChI is InChI=1S/C16H29N3O2/c1-18(2)16(21)14-12-17-10-11-19(14)15(20)13-8-6-4-3-5-7-9-13/h13-14,17H,3-12H2,1-2H3. The summed E-state index contributed by atoms with van der Waals surface area (Å²) >= 11 is 0. The summed E-state index contributed by atoms with van der Waals surface area (Å²) in [7, 11) is 3.52. The van der Waals surface area contributed by atoms with E-state index in [2.05, 4.69) is 5.32 Å². The number of piperazine rings is 1. The summed E-state index contributed by atoms with van der Waals surface area (Å²) < 4.78 is 0. The number of rotatable bonds is 2. The quantitative estimate of drug-likeness (QED) is 0.834. The molecule has 0 aromatic rings. The van der Waals surface area contributed by atoms with E-state index in [0.29, 0.717) is 13.1 Å². The van der Waals surface area contributed by atoms with Gasteiger partial charge in [-0.15, -0.1) is 0 Å². The molecule has 1 unspecified atom stereocenters. The number of carbonyl (C=O) groups is 2. The van der Waals surface area contributed by atoms with Gasteiger partial charge in [0.15, 0.2) is 0 Å². The molecule has 120 valence electrons. The number of amides is 2. The second-order valence-corrected chi connectivity index (χ2v) is 6.53. The van der Waals surface area contributed by atoms with E-state index in [1.165, 1.54) is 19.3 Å². The van der Waals surface area contributed by atoms with Gasteiger partial charge in [0, 0.05) is 39.6 Å². The van der Waals surface area contributed by atoms with Gasteiger partial charge in [0.25, 0.3) is 0 Å². The van der Waals surface area contributed by atoms with Crippen molar-refractivity contribution in [3.05, 3.63) is 0 Å². The lowest BCUT2D eigenvalue weighted by Gasteiger charge is -2.38. The molecule has 2 rings (SSSR count). The van der Waals surface area contributed by atoms with Gasteiger partial charge in [-0.25, -0.2) is 0 Å². The lowest BCUT2D eigenvalue weighted by Crippen LogP contribution is -2.60. The van der Waals surface area contributed by atoms with Crippen molar-refractivity contribution in [2.24, 2.45) is 5.92 Å². The summed E-state index contributed by atoms with van der Waals surface area (Å²) in [6, 6.07) is -0.327. The molecule has 2 fully saturated rings. The Morgan fingerprint density at radius 3 is 2.29 bits per heavy atom. The fourth-order valence-corrected chi connectivity index (χ4v) is 3.42. The van der Waals surface area contributed by atoms with Crippen LogP contribution in [-0.4, -0.2) is 61.4 Å². The molecule has 0 spiro atoms. The van der Waals surface area contributed by atoms with Crippen LogP contribution >= 0.6 is 0 Å². The molecule has 2 aliphatic rings. The zero-order chi connectivity index (χ0) is 15.2. The SMILES string of the molecule is CN(C)C(=O)C1CNCCN1C(=O)C1CCCCCCC1. The third-order valence-electron chi connectivity index (χ3n) is 4.71. The fraction of sp³-hybridized carbons (Fsp3) is 0.875. The van der Waals surface area contributed by atoms with Gasteiger partial charge < -0.3 is 15.1 Å². The molecule has 1 N–H and O–H groups in total. The lowest BCUT2D eigenvalue weighted by molar-refractivity contribution is -0.148. The molecule has 0 bridgehead atoms. The van der Waals surface area contributed by atoms with Gasteiger partial charge in [0.05, 0.1) is 0 Å². The maximum Gasteiger partial charge on any atom is 0.246 e. The molecule has 21 heavy (non-hydrogen) atoms. The molecule has 5 heteroatoms. The van der Waals surface area contributed by atoms with E-state index in [1.54, 1.807) is 19.0 Å². The summed E-state index contributed by atoms with van der Waals surface area (Å²) in [6.07, 6.45) is 8.06. The normalized spacial score (nSPS) is 25.0. The zero-order valence-corrected chi connectivity index (χ0v) is 13.4. The maximum absolute atomic E-state index is 12.9. The summed E-state index contributed by atoms with van der Waals surface area (Å²) in [5.74, 6) is 0.362. The first-order valence-electron chi connectivity index (χ1n) is 8.33. The number of nitrogens with one attached hydrogen (secondary N) is 1. The van der Waals surface area contributed by atoms with Crippen molar-refractivity contribution in [3.8, 4) is 0 Å². The van der Waals surface area contributed by atoms with E-state index in [0.717, 1.165) is 32.2 Å². The average molecular weight is 295 g/mol. The van der Waals surface area contributed by atoms with E-state index in [9.17, 15) is 9.59 Å². The Morgan fingerprint density at radius 2 is 1.67 bits per heavy atom. The molecule has 0 radical (unpaired) electrons. The van der Waals surface area contributed by atoms with E-state index in [1.807, 2.05) is 4.90 Å². The Morgan fingerprint density at radius 1 is 1.05 bits per heavy atom. The molecule has 1 saturated carbocycles. The van der Waals surface area contributed by atoms with Crippen molar-refractivity contribution in [1.29, 1.82) is 0 Å². The summed E-state index contributed by atoms with van der Waals surface area (Å²) in [5.41, 5.74) is 0. The summed E-state index contributed by atoms with van der Waals surface area (Å²) in [6.45, 7) is 2.02. The van der Waals surface area contributed by atoms with Gasteiger partial charge in [-0.1, -0.05) is 32.1 Å². The number of nitrogens with zero attached hydrogens (tertiary/aromatic N) is 2. The van der Waals surface area contributed by atoms with Crippen LogP contribution in [0.4, 0.5) is 0 Å². The number of likely N-dealkylation sites (N-methyl/N-ethyl adjacent to an activating group) is 1. The van der Waals surface area contributed by atoms with Crippen LogP contribution in [0, 0.1) is 5.92 Å². The summed E-state index contributed by atoms with van der Waals surface area (Å²) in [5, 5.41) is 3.24. The second kappa shape index (κ2) is 7.78. The third kappa shape index (κ3) is 4.19. The van der Waals surface area contributed by atoms with E-state index < -0.39 is 0 Å². The molecular formula is C16H29N3O2. The highest BCUT2D eigenvalue weighted by Crippen LogP contribution is 2.25. The molecule has 0 aromatic heterocycles. The smallest absolute Gasteiger partial charge is 0.246 e. The highest BCUT2D eigenvalue weighted by Gasteiger charge is 2.35. The summed E-state index contributed by atoms with van der Waals surface area (Å²) in [4.78, 5) is 28.6. The maximum atomic E-state index is 12.9. The van der Waals surface area contributed by atoms with Crippen LogP contribution in [0.15, 0.2) is 0 Å². The van der Waals surface area contributed by atoms with Crippen molar-refractivity contribution in [2.75, 3.05) is 33.7 Å². The molecule has 2 amide bonds. The minimum Gasteiger partial charge on any atom is -0.347 e. The van der Waals surface area contributed by atoms with E-state index >= 15 is 0 Å². The fourth-order valence-electron chi connectivity index (χ4n) is 3.42. The average Bonchev–Trinajstić information content (AvgIpc) is 2.45. The van der Waals surface area contributed by atoms with Crippen LogP contribution in [0.5, 0.6) is 0 Å². The highest BCUT2D eigenvalue weighted by molar-refractivity contribution is 5.88. The van der Waals surface area contributed by atoms with Crippen LogP contribution in [0.2, 0.25) is 0 Å². The molecule has 1 atom stereocenters. The van der Waals surface area contributed by atoms with Gasteiger partial charge in [0.1, 0.15) is 6.04 Å². The van der Waals surface area contributed by atoms with E-state index in [-0.39, 0.29) is 23.8 Å². The van der Waals surface area contributed by atoms with E-state index in [4.69, 9.17) is 0 Å². The predicted octanol–water partition coefficient (Wildman–Crippen LogP) is 1.24. The topological polar surface area (TPSA) is 52.7 Å². The second-order valence-electron chi connectivity index (χ2n) is 6.53. The van der Waals surface area contributed by atoms with Crippen molar-refractivity contribution in [2.45, 2.75) is 51.0 Å². The van der Waals surface area contributed by atoms with Crippen molar-refractivity contribution < 1.29 is 9.59 Å². The third-order valence-corrected chi connectivity index (χ3v) is 4.71. The van der Waals surface area contributed by atoms with Gasteiger partial charge in [-0.05, 0) is 12.8 Å². The minimum absolute atomic E-state index is 0.0291. The first-order valence-corrected chi connectivity index (χ1v) is 8.33. The van der Waals surface area contributed by atoms with Gasteiger partial charge in [-0.3, -0.25) is 9.59 Å². The Kier molecular flexibility index (Phi) is 6.03. The van der Waals surface area contributed by atoms with Gasteiger partial charge in [-0.2, -0.15) is 0 Å². The monoisotopic (exact) mass is 295 g/mol. The molecule has 0 aromatic carbocycles. The van der Waals surface area contributed by atoms with Crippen molar-refractivity contribution in [1.82, 2.24) is 15.1 Å². The molecule has 5 nitrogen and oxygen atoms in total. The zero-order valence-electron chi connectivity index (χ0n) is 13.4. The van der Waals surface area contributed by atoms with Crippen molar-refractivity contribution in [3.63, 3.8) is 0 Å². The van der Waals surface area contributed by atoms with Crippen molar-refractivity contribution >= 4 is 11.8 Å². The molecule has 1 aliphatic heterocycles. The van der Waals surface area contributed by atoms with Gasteiger partial charge >= 0.3 is 0 Å². The van der Waals surface area contributed by atoms with Gasteiger partial charge in [0.2, 0.25) is 11.8 Å². The molecule has 1 heterocycles. The first-order chi connectivity index (χ1) is 10.1. The number of hydrogen-bond acceptors (Lipinski definition) is 3. The Hall–Kier alpha value is -1.10. The number of carbonyl (C=O) groups excluding carboxylic acids is 2. The van der Waals surface area contributed by atoms with Crippen LogP contribution in [0.3, 0.4) is 0 Å². The molecule has 1 aliphatic carbocycles. The highest BCUT2D eigenvalue weighted by atomic mass is 16.2.